The number of ether oxygens (including phenoxy) is 1. The predicted octanol–water partition coefficient (Wildman–Crippen LogP) is 4.42. The molecule has 1 aromatic carbocycles. The summed E-state index contributed by atoms with van der Waals surface area (Å²) >= 11 is 0. The molecule has 0 radical (unpaired) electrons. The lowest BCUT2D eigenvalue weighted by atomic mass is 9.81. The van der Waals surface area contributed by atoms with E-state index in [4.69, 9.17) is 4.74 Å². The van der Waals surface area contributed by atoms with Crippen molar-refractivity contribution in [1.82, 2.24) is 4.98 Å². The van der Waals surface area contributed by atoms with Crippen LogP contribution in [0.5, 0.6) is 5.88 Å². The number of aromatic nitrogens is 1. The van der Waals surface area contributed by atoms with Crippen LogP contribution in [0.4, 0.5) is 0 Å². The summed E-state index contributed by atoms with van der Waals surface area (Å²) in [6, 6.07) is 7.34. The SMILES string of the molecule is COc1nc(C)c(C(CO)C2CC2)c(C(=O)c2cc(C)cc(C#N)c2)c1C(C)C. The molecule has 1 saturated carbocycles. The van der Waals surface area contributed by atoms with Crippen LogP contribution in [0.1, 0.15) is 82.4 Å². The number of nitriles is 1. The van der Waals surface area contributed by atoms with Crippen LogP contribution in [0.3, 0.4) is 0 Å². The van der Waals surface area contributed by atoms with E-state index in [9.17, 15) is 15.2 Å². The number of carbonyl (C=O) groups is 1. The molecule has 0 bridgehead atoms. The van der Waals surface area contributed by atoms with E-state index in [1.165, 1.54) is 0 Å². The van der Waals surface area contributed by atoms with Crippen LogP contribution >= 0.6 is 0 Å². The molecule has 1 aromatic heterocycles. The van der Waals surface area contributed by atoms with Crippen molar-refractivity contribution in [3.63, 3.8) is 0 Å². The van der Waals surface area contributed by atoms with Crippen molar-refractivity contribution in [2.24, 2.45) is 5.92 Å². The summed E-state index contributed by atoms with van der Waals surface area (Å²) in [5.74, 6) is 0.560. The summed E-state index contributed by atoms with van der Waals surface area (Å²) in [6.07, 6.45) is 2.09. The Morgan fingerprint density at radius 2 is 1.97 bits per heavy atom. The number of hydrogen-bond donors (Lipinski definition) is 1. The number of aryl methyl sites for hydroxylation is 2. The number of aliphatic hydroxyl groups excluding tert-OH is 1. The molecule has 0 spiro atoms. The van der Waals surface area contributed by atoms with Gasteiger partial charge in [0.15, 0.2) is 5.78 Å². The van der Waals surface area contributed by atoms with Crippen molar-refractivity contribution in [3.8, 4) is 11.9 Å². The first-order valence-electron chi connectivity index (χ1n) is 10.1. The van der Waals surface area contributed by atoms with Gasteiger partial charge in [0.2, 0.25) is 5.88 Å². The summed E-state index contributed by atoms with van der Waals surface area (Å²) in [5.41, 5.74) is 4.67. The number of nitrogens with zero attached hydrogens (tertiary/aromatic N) is 2. The second-order valence-electron chi connectivity index (χ2n) is 8.22. The number of rotatable bonds is 7. The van der Waals surface area contributed by atoms with Gasteiger partial charge in [-0.05, 0) is 67.9 Å². The van der Waals surface area contributed by atoms with Crippen LogP contribution in [0.2, 0.25) is 0 Å². The molecule has 1 atom stereocenters. The Kier molecular flexibility index (Phi) is 6.04. The maximum absolute atomic E-state index is 13.8. The van der Waals surface area contributed by atoms with Crippen molar-refractivity contribution >= 4 is 5.78 Å². The van der Waals surface area contributed by atoms with Crippen molar-refractivity contribution in [2.45, 2.75) is 52.4 Å². The fourth-order valence-corrected chi connectivity index (χ4v) is 4.19. The fourth-order valence-electron chi connectivity index (χ4n) is 4.19. The third kappa shape index (κ3) is 4.04. The summed E-state index contributed by atoms with van der Waals surface area (Å²) < 4.78 is 5.55. The van der Waals surface area contributed by atoms with E-state index in [-0.39, 0.29) is 24.2 Å². The van der Waals surface area contributed by atoms with E-state index < -0.39 is 0 Å². The molecular weight excluding hydrogens is 364 g/mol. The Morgan fingerprint density at radius 1 is 1.28 bits per heavy atom. The van der Waals surface area contributed by atoms with Crippen molar-refractivity contribution in [2.75, 3.05) is 13.7 Å². The summed E-state index contributed by atoms with van der Waals surface area (Å²) in [6.45, 7) is 7.76. The van der Waals surface area contributed by atoms with Gasteiger partial charge < -0.3 is 9.84 Å². The Morgan fingerprint density at radius 3 is 2.48 bits per heavy atom. The Hall–Kier alpha value is -2.71. The fraction of sp³-hybridized carbons (Fsp3) is 0.458. The number of methoxy groups -OCH3 is 1. The molecule has 0 saturated heterocycles. The second-order valence-corrected chi connectivity index (χ2v) is 8.22. The highest BCUT2D eigenvalue weighted by molar-refractivity contribution is 6.11. The molecule has 152 valence electrons. The molecule has 0 aliphatic heterocycles. The van der Waals surface area contributed by atoms with E-state index in [1.807, 2.05) is 33.8 Å². The molecule has 2 aromatic rings. The van der Waals surface area contributed by atoms with Crippen molar-refractivity contribution in [3.05, 3.63) is 57.3 Å². The highest BCUT2D eigenvalue weighted by Gasteiger charge is 2.37. The van der Waals surface area contributed by atoms with Crippen LogP contribution in [0.25, 0.3) is 0 Å². The van der Waals surface area contributed by atoms with Crippen LogP contribution in [-0.2, 0) is 0 Å². The maximum Gasteiger partial charge on any atom is 0.217 e. The van der Waals surface area contributed by atoms with Crippen LogP contribution < -0.4 is 4.74 Å². The Bertz CT molecular complexity index is 985. The van der Waals surface area contributed by atoms with Gasteiger partial charge in [-0.1, -0.05) is 13.8 Å². The highest BCUT2D eigenvalue weighted by atomic mass is 16.5. The van der Waals surface area contributed by atoms with Crippen LogP contribution in [0, 0.1) is 31.1 Å². The first kappa shape index (κ1) is 21.0. The maximum atomic E-state index is 13.8. The topological polar surface area (TPSA) is 83.2 Å². The molecule has 29 heavy (non-hydrogen) atoms. The largest absolute Gasteiger partial charge is 0.481 e. The molecule has 0 amide bonds. The number of benzene rings is 1. The Labute approximate surface area is 172 Å². The van der Waals surface area contributed by atoms with Crippen molar-refractivity contribution in [1.29, 1.82) is 5.26 Å². The number of ketones is 1. The number of aliphatic hydroxyl groups is 1. The third-order valence-electron chi connectivity index (χ3n) is 5.65. The standard InChI is InChI=1S/C24H28N2O3/c1-13(2)20-22(23(28)18-9-14(3)8-16(10-18)11-25)21(15(4)26-24(20)29-5)19(12-27)17-6-7-17/h8-10,13,17,19,27H,6-7,12H2,1-5H3. The average molecular weight is 392 g/mol. The number of carbonyl (C=O) groups excluding carboxylic acids is 1. The monoisotopic (exact) mass is 392 g/mol. The molecule has 1 fully saturated rings. The van der Waals surface area contributed by atoms with Gasteiger partial charge in [-0.15, -0.1) is 0 Å². The quantitative estimate of drug-likeness (QED) is 0.705. The first-order chi connectivity index (χ1) is 13.8. The van der Waals surface area contributed by atoms with Gasteiger partial charge in [0.1, 0.15) is 0 Å². The van der Waals surface area contributed by atoms with Gasteiger partial charge in [-0.3, -0.25) is 4.79 Å². The van der Waals surface area contributed by atoms with E-state index in [1.54, 1.807) is 19.2 Å². The Balaban J connectivity index is 2.32. The lowest BCUT2D eigenvalue weighted by molar-refractivity contribution is 0.103. The molecule has 1 heterocycles. The van der Waals surface area contributed by atoms with E-state index in [0.717, 1.165) is 29.5 Å². The van der Waals surface area contributed by atoms with Gasteiger partial charge in [0.05, 0.1) is 25.3 Å². The molecule has 3 rings (SSSR count). The van der Waals surface area contributed by atoms with Gasteiger partial charge >= 0.3 is 0 Å². The second kappa shape index (κ2) is 8.34. The van der Waals surface area contributed by atoms with Crippen molar-refractivity contribution < 1.29 is 14.6 Å². The zero-order valence-electron chi connectivity index (χ0n) is 17.7. The third-order valence-corrected chi connectivity index (χ3v) is 5.65. The average Bonchev–Trinajstić information content (AvgIpc) is 3.52. The first-order valence-corrected chi connectivity index (χ1v) is 10.1. The highest BCUT2D eigenvalue weighted by Crippen LogP contribution is 2.46. The van der Waals surface area contributed by atoms with E-state index in [2.05, 4.69) is 11.1 Å². The molecule has 5 heteroatoms. The predicted molar refractivity (Wildman–Crippen MR) is 111 cm³/mol. The van der Waals surface area contributed by atoms with E-state index in [0.29, 0.717) is 34.2 Å². The van der Waals surface area contributed by atoms with E-state index >= 15 is 0 Å². The molecule has 1 N–H and O–H groups in total. The molecular formula is C24H28N2O3. The summed E-state index contributed by atoms with van der Waals surface area (Å²) in [4.78, 5) is 18.5. The van der Waals surface area contributed by atoms with Gasteiger partial charge in [-0.2, -0.15) is 5.26 Å². The minimum Gasteiger partial charge on any atom is -0.481 e. The molecule has 1 aliphatic rings. The summed E-state index contributed by atoms with van der Waals surface area (Å²) in [5, 5.41) is 19.5. The van der Waals surface area contributed by atoms with Crippen LogP contribution in [-0.4, -0.2) is 29.6 Å². The minimum absolute atomic E-state index is 0.00884. The number of pyridine rings is 1. The summed E-state index contributed by atoms with van der Waals surface area (Å²) in [7, 11) is 1.56. The minimum atomic E-state index is -0.146. The lowest BCUT2D eigenvalue weighted by Gasteiger charge is -2.25. The number of hydrogen-bond acceptors (Lipinski definition) is 5. The smallest absolute Gasteiger partial charge is 0.217 e. The van der Waals surface area contributed by atoms with Gasteiger partial charge in [0.25, 0.3) is 0 Å². The van der Waals surface area contributed by atoms with Gasteiger partial charge in [0, 0.05) is 28.3 Å². The zero-order valence-corrected chi connectivity index (χ0v) is 17.7. The van der Waals surface area contributed by atoms with Crippen LogP contribution in [0.15, 0.2) is 18.2 Å². The molecule has 5 nitrogen and oxygen atoms in total. The zero-order chi connectivity index (χ0) is 21.3. The molecule has 1 aliphatic carbocycles. The molecule has 1 unspecified atom stereocenters. The lowest BCUT2D eigenvalue weighted by Crippen LogP contribution is -2.20. The van der Waals surface area contributed by atoms with Gasteiger partial charge in [-0.25, -0.2) is 4.98 Å². The normalized spacial score (nSPS) is 14.6.